The van der Waals surface area contributed by atoms with E-state index in [0.29, 0.717) is 13.1 Å². The number of para-hydroxylation sites is 1. The maximum atomic E-state index is 11.9. The second-order valence-corrected chi connectivity index (χ2v) is 4.98. The standard InChI is InChI=1S/C17H17N5O/c23-17(19-12-14-5-3-8-18-11-14)20-13-15-6-1-2-7-16(15)22-10-4-9-21-22/h1-11H,12-13H2,(H2,19,20,23). The molecule has 1 aromatic carbocycles. The summed E-state index contributed by atoms with van der Waals surface area (Å²) in [5, 5.41) is 9.90. The van der Waals surface area contributed by atoms with Crippen molar-refractivity contribution in [1.82, 2.24) is 25.4 Å². The van der Waals surface area contributed by atoms with Gasteiger partial charge in [-0.15, -0.1) is 0 Å². The third-order valence-corrected chi connectivity index (χ3v) is 3.36. The van der Waals surface area contributed by atoms with Gasteiger partial charge in [0.15, 0.2) is 0 Å². The molecule has 0 saturated carbocycles. The Morgan fingerprint density at radius 2 is 1.87 bits per heavy atom. The Morgan fingerprint density at radius 3 is 2.65 bits per heavy atom. The number of nitrogens with zero attached hydrogens (tertiary/aromatic N) is 3. The van der Waals surface area contributed by atoms with Gasteiger partial charge in [-0.3, -0.25) is 4.98 Å². The topological polar surface area (TPSA) is 71.8 Å². The highest BCUT2D eigenvalue weighted by Gasteiger charge is 2.06. The highest BCUT2D eigenvalue weighted by Crippen LogP contribution is 2.12. The Hall–Kier alpha value is -3.15. The first-order valence-electron chi connectivity index (χ1n) is 7.31. The molecule has 23 heavy (non-hydrogen) atoms. The number of carbonyl (C=O) groups is 1. The summed E-state index contributed by atoms with van der Waals surface area (Å²) in [4.78, 5) is 15.9. The van der Waals surface area contributed by atoms with Gasteiger partial charge in [-0.25, -0.2) is 9.48 Å². The van der Waals surface area contributed by atoms with E-state index < -0.39 is 0 Å². The molecular weight excluding hydrogens is 290 g/mol. The third kappa shape index (κ3) is 3.94. The first-order valence-corrected chi connectivity index (χ1v) is 7.31. The summed E-state index contributed by atoms with van der Waals surface area (Å²) in [6, 6.07) is 13.2. The number of carbonyl (C=O) groups excluding carboxylic acids is 1. The van der Waals surface area contributed by atoms with Crippen LogP contribution in [0.5, 0.6) is 0 Å². The number of amides is 2. The molecule has 2 heterocycles. The number of hydrogen-bond acceptors (Lipinski definition) is 3. The molecule has 0 spiro atoms. The zero-order valence-corrected chi connectivity index (χ0v) is 12.5. The molecule has 2 N–H and O–H groups in total. The summed E-state index contributed by atoms with van der Waals surface area (Å²) in [7, 11) is 0. The second kappa shape index (κ2) is 7.22. The van der Waals surface area contributed by atoms with Gasteiger partial charge >= 0.3 is 6.03 Å². The van der Waals surface area contributed by atoms with Gasteiger partial charge < -0.3 is 10.6 Å². The molecule has 6 nitrogen and oxygen atoms in total. The summed E-state index contributed by atoms with van der Waals surface area (Å²) in [6.45, 7) is 0.870. The highest BCUT2D eigenvalue weighted by molar-refractivity contribution is 5.73. The lowest BCUT2D eigenvalue weighted by atomic mass is 10.2. The van der Waals surface area contributed by atoms with Crippen LogP contribution < -0.4 is 10.6 Å². The lowest BCUT2D eigenvalue weighted by molar-refractivity contribution is 0.240. The van der Waals surface area contributed by atoms with Crippen molar-refractivity contribution in [3.8, 4) is 5.69 Å². The summed E-state index contributed by atoms with van der Waals surface area (Å²) >= 11 is 0. The van der Waals surface area contributed by atoms with Crippen LogP contribution in [-0.4, -0.2) is 20.8 Å². The van der Waals surface area contributed by atoms with Crippen LogP contribution in [0.4, 0.5) is 4.79 Å². The monoisotopic (exact) mass is 307 g/mol. The van der Waals surface area contributed by atoms with Crippen LogP contribution >= 0.6 is 0 Å². The van der Waals surface area contributed by atoms with Crippen molar-refractivity contribution in [1.29, 1.82) is 0 Å². The minimum Gasteiger partial charge on any atom is -0.334 e. The van der Waals surface area contributed by atoms with Crippen molar-refractivity contribution < 1.29 is 4.79 Å². The zero-order valence-electron chi connectivity index (χ0n) is 12.5. The number of rotatable bonds is 5. The molecule has 0 unspecified atom stereocenters. The smallest absolute Gasteiger partial charge is 0.315 e. The molecule has 0 aliphatic rings. The Kier molecular flexibility index (Phi) is 4.63. The van der Waals surface area contributed by atoms with Gasteiger partial charge in [-0.2, -0.15) is 5.10 Å². The molecule has 0 atom stereocenters. The Morgan fingerprint density at radius 1 is 1.00 bits per heavy atom. The molecular formula is C17H17N5O. The van der Waals surface area contributed by atoms with Gasteiger partial charge in [-0.05, 0) is 29.3 Å². The van der Waals surface area contributed by atoms with Gasteiger partial charge in [0.25, 0.3) is 0 Å². The molecule has 2 amide bonds. The van der Waals surface area contributed by atoms with Gasteiger partial charge in [-0.1, -0.05) is 24.3 Å². The van der Waals surface area contributed by atoms with E-state index >= 15 is 0 Å². The average Bonchev–Trinajstić information content (AvgIpc) is 3.14. The third-order valence-electron chi connectivity index (χ3n) is 3.36. The molecule has 116 valence electrons. The average molecular weight is 307 g/mol. The van der Waals surface area contributed by atoms with Crippen LogP contribution in [0.25, 0.3) is 5.69 Å². The molecule has 0 radical (unpaired) electrons. The molecule has 0 aliphatic carbocycles. The predicted octanol–water partition coefficient (Wildman–Crippen LogP) is 2.27. The normalized spacial score (nSPS) is 10.3. The van der Waals surface area contributed by atoms with Crippen molar-refractivity contribution in [3.63, 3.8) is 0 Å². The van der Waals surface area contributed by atoms with Gasteiger partial charge in [0.2, 0.25) is 0 Å². The van der Waals surface area contributed by atoms with E-state index in [1.165, 1.54) is 0 Å². The van der Waals surface area contributed by atoms with E-state index in [1.807, 2.05) is 48.7 Å². The van der Waals surface area contributed by atoms with Gasteiger partial charge in [0, 0.05) is 37.9 Å². The van der Waals surface area contributed by atoms with E-state index in [2.05, 4.69) is 20.7 Å². The molecule has 6 heteroatoms. The lowest BCUT2D eigenvalue weighted by Gasteiger charge is -2.11. The van der Waals surface area contributed by atoms with E-state index in [-0.39, 0.29) is 6.03 Å². The van der Waals surface area contributed by atoms with E-state index in [1.54, 1.807) is 23.3 Å². The number of nitrogens with one attached hydrogen (secondary N) is 2. The fourth-order valence-corrected chi connectivity index (χ4v) is 2.22. The number of hydrogen-bond donors (Lipinski definition) is 2. The van der Waals surface area contributed by atoms with E-state index in [9.17, 15) is 4.79 Å². The number of pyridine rings is 1. The number of aromatic nitrogens is 3. The summed E-state index contributed by atoms with van der Waals surface area (Å²) in [5.74, 6) is 0. The predicted molar refractivity (Wildman–Crippen MR) is 86.9 cm³/mol. The second-order valence-electron chi connectivity index (χ2n) is 4.98. The minimum absolute atomic E-state index is 0.218. The van der Waals surface area contributed by atoms with Crippen LogP contribution in [0.2, 0.25) is 0 Å². The molecule has 0 fully saturated rings. The molecule has 0 aliphatic heterocycles. The summed E-state index contributed by atoms with van der Waals surface area (Å²) < 4.78 is 1.78. The quantitative estimate of drug-likeness (QED) is 0.759. The first-order chi connectivity index (χ1) is 11.3. The van der Waals surface area contributed by atoms with Crippen molar-refractivity contribution >= 4 is 6.03 Å². The Balaban J connectivity index is 1.57. The SMILES string of the molecule is O=C(NCc1cccnc1)NCc1ccccc1-n1cccn1. The molecule has 3 rings (SSSR count). The zero-order chi connectivity index (χ0) is 15.9. The first kappa shape index (κ1) is 14.8. The van der Waals surface area contributed by atoms with E-state index in [0.717, 1.165) is 16.8 Å². The summed E-state index contributed by atoms with van der Waals surface area (Å²) in [5.41, 5.74) is 2.90. The molecule has 3 aromatic rings. The highest BCUT2D eigenvalue weighted by atomic mass is 16.2. The molecule has 2 aromatic heterocycles. The number of benzene rings is 1. The largest absolute Gasteiger partial charge is 0.334 e. The lowest BCUT2D eigenvalue weighted by Crippen LogP contribution is -2.34. The van der Waals surface area contributed by atoms with Gasteiger partial charge in [0.1, 0.15) is 0 Å². The minimum atomic E-state index is -0.218. The maximum absolute atomic E-state index is 11.9. The van der Waals surface area contributed by atoms with E-state index in [4.69, 9.17) is 0 Å². The number of urea groups is 1. The van der Waals surface area contributed by atoms with Crippen LogP contribution in [0.3, 0.4) is 0 Å². The summed E-state index contributed by atoms with van der Waals surface area (Å²) in [6.07, 6.45) is 7.04. The fourth-order valence-electron chi connectivity index (χ4n) is 2.22. The Labute approximate surface area is 134 Å². The van der Waals surface area contributed by atoms with Crippen molar-refractivity contribution in [2.75, 3.05) is 0 Å². The van der Waals surface area contributed by atoms with Gasteiger partial charge in [0.05, 0.1) is 5.69 Å². The fraction of sp³-hybridized carbons (Fsp3) is 0.118. The van der Waals surface area contributed by atoms with Crippen LogP contribution in [0.15, 0.2) is 67.3 Å². The molecule has 0 bridgehead atoms. The molecule has 0 saturated heterocycles. The van der Waals surface area contributed by atoms with Crippen LogP contribution in [-0.2, 0) is 13.1 Å². The Bertz CT molecular complexity index is 756. The van der Waals surface area contributed by atoms with Crippen molar-refractivity contribution in [2.24, 2.45) is 0 Å². The van der Waals surface area contributed by atoms with Crippen molar-refractivity contribution in [3.05, 3.63) is 78.4 Å². The van der Waals surface area contributed by atoms with Crippen LogP contribution in [0, 0.1) is 0 Å². The van der Waals surface area contributed by atoms with Crippen LogP contribution in [0.1, 0.15) is 11.1 Å². The maximum Gasteiger partial charge on any atom is 0.315 e. The van der Waals surface area contributed by atoms with Crippen molar-refractivity contribution in [2.45, 2.75) is 13.1 Å².